The van der Waals surface area contributed by atoms with Crippen molar-refractivity contribution in [3.63, 3.8) is 0 Å². The zero-order valence-electron chi connectivity index (χ0n) is 8.87. The molecule has 1 rings (SSSR count). The van der Waals surface area contributed by atoms with Gasteiger partial charge in [-0.2, -0.15) is 0 Å². The molecule has 3 nitrogen and oxygen atoms in total. The second-order valence-electron chi connectivity index (χ2n) is 3.64. The second kappa shape index (κ2) is 6.46. The first-order chi connectivity index (χ1) is 6.83. The van der Waals surface area contributed by atoms with E-state index in [2.05, 4.69) is 9.64 Å². The van der Waals surface area contributed by atoms with Crippen molar-refractivity contribution < 1.29 is 9.53 Å². The monoisotopic (exact) mass is 197 g/mol. The number of nitrogens with zero attached hydrogens (tertiary/aromatic N) is 1. The highest BCUT2D eigenvalue weighted by molar-refractivity contribution is 5.81. The largest absolute Gasteiger partial charge is 0.466 e. The predicted octanol–water partition coefficient (Wildman–Crippen LogP) is 1.94. The van der Waals surface area contributed by atoms with Crippen molar-refractivity contribution in [2.45, 2.75) is 32.1 Å². The maximum Gasteiger partial charge on any atom is 0.331 e. The fraction of sp³-hybridized carbons (Fsp3) is 0.727. The number of carbonyl (C=O) groups excluding carboxylic acids is 1. The van der Waals surface area contributed by atoms with Gasteiger partial charge in [0.25, 0.3) is 0 Å². The maximum absolute atomic E-state index is 10.9. The van der Waals surface area contributed by atoms with Gasteiger partial charge in [-0.1, -0.05) is 19.3 Å². The number of ether oxygens (including phenoxy) is 1. The molecule has 3 heteroatoms. The minimum atomic E-state index is -0.271. The molecule has 0 atom stereocenters. The topological polar surface area (TPSA) is 29.5 Å². The molecule has 0 radical (unpaired) electrons. The van der Waals surface area contributed by atoms with E-state index in [0.717, 1.165) is 13.1 Å². The van der Waals surface area contributed by atoms with Crippen molar-refractivity contribution in [1.29, 1.82) is 0 Å². The zero-order chi connectivity index (χ0) is 10.2. The highest BCUT2D eigenvalue weighted by atomic mass is 16.5. The molecule has 0 amide bonds. The van der Waals surface area contributed by atoms with Crippen LogP contribution in [-0.2, 0) is 9.53 Å². The first-order valence-corrected chi connectivity index (χ1v) is 5.33. The lowest BCUT2D eigenvalue weighted by molar-refractivity contribution is -0.134. The van der Waals surface area contributed by atoms with Crippen LogP contribution < -0.4 is 0 Å². The van der Waals surface area contributed by atoms with Crippen molar-refractivity contribution in [3.8, 4) is 0 Å². The van der Waals surface area contributed by atoms with Crippen LogP contribution in [0.3, 0.4) is 0 Å². The number of carbonyl (C=O) groups is 1. The van der Waals surface area contributed by atoms with Crippen LogP contribution in [0.15, 0.2) is 12.3 Å². The van der Waals surface area contributed by atoms with E-state index in [4.69, 9.17) is 0 Å². The Labute approximate surface area is 85.7 Å². The van der Waals surface area contributed by atoms with Gasteiger partial charge in [0, 0.05) is 25.4 Å². The highest BCUT2D eigenvalue weighted by Gasteiger charge is 2.04. The first kappa shape index (κ1) is 11.1. The van der Waals surface area contributed by atoms with E-state index >= 15 is 0 Å². The molecule has 0 aliphatic carbocycles. The van der Waals surface area contributed by atoms with Crippen LogP contribution in [0.4, 0.5) is 0 Å². The van der Waals surface area contributed by atoms with Gasteiger partial charge in [-0.05, 0) is 12.8 Å². The molecule has 80 valence electrons. The van der Waals surface area contributed by atoms with Crippen LogP contribution in [0.25, 0.3) is 0 Å². The van der Waals surface area contributed by atoms with Gasteiger partial charge in [0.1, 0.15) is 0 Å². The summed E-state index contributed by atoms with van der Waals surface area (Å²) < 4.78 is 4.54. The van der Waals surface area contributed by atoms with E-state index in [-0.39, 0.29) is 5.97 Å². The third-order valence-corrected chi connectivity index (χ3v) is 2.51. The van der Waals surface area contributed by atoms with Crippen molar-refractivity contribution >= 4 is 5.97 Å². The van der Waals surface area contributed by atoms with Crippen molar-refractivity contribution in [3.05, 3.63) is 12.3 Å². The SMILES string of the molecule is COC(=O)/C=C/N1CCCCCCC1. The number of rotatable bonds is 2. The van der Waals surface area contributed by atoms with Gasteiger partial charge in [-0.15, -0.1) is 0 Å². The summed E-state index contributed by atoms with van der Waals surface area (Å²) >= 11 is 0. The van der Waals surface area contributed by atoms with E-state index < -0.39 is 0 Å². The van der Waals surface area contributed by atoms with Gasteiger partial charge in [0.05, 0.1) is 7.11 Å². The summed E-state index contributed by atoms with van der Waals surface area (Å²) in [5, 5.41) is 0. The molecule has 1 aliphatic heterocycles. The van der Waals surface area contributed by atoms with Crippen LogP contribution in [-0.4, -0.2) is 31.1 Å². The Morgan fingerprint density at radius 2 is 1.71 bits per heavy atom. The lowest BCUT2D eigenvalue weighted by Gasteiger charge is -2.22. The molecule has 0 unspecified atom stereocenters. The lowest BCUT2D eigenvalue weighted by Crippen LogP contribution is -2.22. The van der Waals surface area contributed by atoms with Crippen LogP contribution in [0, 0.1) is 0 Å². The van der Waals surface area contributed by atoms with Crippen LogP contribution in [0.2, 0.25) is 0 Å². The van der Waals surface area contributed by atoms with Crippen molar-refractivity contribution in [2.75, 3.05) is 20.2 Å². The summed E-state index contributed by atoms with van der Waals surface area (Å²) in [6, 6.07) is 0. The Hall–Kier alpha value is -0.990. The molecule has 0 saturated carbocycles. The Morgan fingerprint density at radius 1 is 1.14 bits per heavy atom. The van der Waals surface area contributed by atoms with Crippen molar-refractivity contribution in [2.24, 2.45) is 0 Å². The number of hydrogen-bond acceptors (Lipinski definition) is 3. The van der Waals surface area contributed by atoms with Gasteiger partial charge in [0.15, 0.2) is 0 Å². The molecular weight excluding hydrogens is 178 g/mol. The molecule has 0 bridgehead atoms. The number of likely N-dealkylation sites (tertiary alicyclic amines) is 1. The smallest absolute Gasteiger partial charge is 0.331 e. The molecule has 14 heavy (non-hydrogen) atoms. The minimum Gasteiger partial charge on any atom is -0.466 e. The van der Waals surface area contributed by atoms with Crippen LogP contribution in [0.5, 0.6) is 0 Å². The fourth-order valence-corrected chi connectivity index (χ4v) is 1.66. The third kappa shape index (κ3) is 4.30. The molecule has 1 saturated heterocycles. The second-order valence-corrected chi connectivity index (χ2v) is 3.64. The Bertz CT molecular complexity index is 193. The maximum atomic E-state index is 10.9. The number of methoxy groups -OCH3 is 1. The summed E-state index contributed by atoms with van der Waals surface area (Å²) in [5.41, 5.74) is 0. The van der Waals surface area contributed by atoms with Crippen molar-refractivity contribution in [1.82, 2.24) is 4.90 Å². The predicted molar refractivity (Wildman–Crippen MR) is 55.8 cm³/mol. The molecule has 0 aromatic heterocycles. The average Bonchev–Trinajstić information content (AvgIpc) is 2.15. The normalized spacial score (nSPS) is 19.1. The molecule has 1 heterocycles. The zero-order valence-corrected chi connectivity index (χ0v) is 8.87. The van der Waals surface area contributed by atoms with E-state index in [0.29, 0.717) is 0 Å². The van der Waals surface area contributed by atoms with Gasteiger partial charge >= 0.3 is 5.97 Å². The van der Waals surface area contributed by atoms with Gasteiger partial charge in [-0.25, -0.2) is 4.79 Å². The van der Waals surface area contributed by atoms with Crippen LogP contribution >= 0.6 is 0 Å². The molecule has 0 spiro atoms. The molecule has 0 aromatic rings. The molecule has 0 aromatic carbocycles. The summed E-state index contributed by atoms with van der Waals surface area (Å²) in [6.07, 6.45) is 9.79. The van der Waals surface area contributed by atoms with Gasteiger partial charge < -0.3 is 9.64 Å². The van der Waals surface area contributed by atoms with E-state index in [1.54, 1.807) is 0 Å². The molecule has 1 fully saturated rings. The van der Waals surface area contributed by atoms with Gasteiger partial charge in [0.2, 0.25) is 0 Å². The summed E-state index contributed by atoms with van der Waals surface area (Å²) in [4.78, 5) is 13.1. The Morgan fingerprint density at radius 3 is 2.29 bits per heavy atom. The Kier molecular flexibility index (Phi) is 5.12. The van der Waals surface area contributed by atoms with Gasteiger partial charge in [-0.3, -0.25) is 0 Å². The summed E-state index contributed by atoms with van der Waals surface area (Å²) in [5.74, 6) is -0.271. The number of hydrogen-bond donors (Lipinski definition) is 0. The quantitative estimate of drug-likeness (QED) is 0.500. The third-order valence-electron chi connectivity index (χ3n) is 2.51. The number of esters is 1. The average molecular weight is 197 g/mol. The van der Waals surface area contributed by atoms with Crippen LogP contribution in [0.1, 0.15) is 32.1 Å². The summed E-state index contributed by atoms with van der Waals surface area (Å²) in [6.45, 7) is 2.13. The molecule has 1 aliphatic rings. The fourth-order valence-electron chi connectivity index (χ4n) is 1.66. The van der Waals surface area contributed by atoms with E-state index in [1.807, 2.05) is 6.20 Å². The minimum absolute atomic E-state index is 0.271. The lowest BCUT2D eigenvalue weighted by atomic mass is 10.1. The first-order valence-electron chi connectivity index (χ1n) is 5.33. The molecule has 0 N–H and O–H groups in total. The Balaban J connectivity index is 2.33. The molecular formula is C11H19NO2. The highest BCUT2D eigenvalue weighted by Crippen LogP contribution is 2.10. The summed E-state index contributed by atoms with van der Waals surface area (Å²) in [7, 11) is 1.40. The standard InChI is InChI=1S/C11H19NO2/c1-14-11(13)7-10-12-8-5-3-2-4-6-9-12/h7,10H,2-6,8-9H2,1H3/b10-7+. The van der Waals surface area contributed by atoms with E-state index in [1.165, 1.54) is 45.3 Å². The van der Waals surface area contributed by atoms with E-state index in [9.17, 15) is 4.79 Å².